The van der Waals surface area contributed by atoms with E-state index in [1.54, 1.807) is 6.20 Å². The van der Waals surface area contributed by atoms with E-state index in [-0.39, 0.29) is 6.10 Å². The van der Waals surface area contributed by atoms with Gasteiger partial charge in [0.25, 0.3) is 0 Å². The molecule has 1 aliphatic carbocycles. The zero-order valence-corrected chi connectivity index (χ0v) is 8.82. The van der Waals surface area contributed by atoms with Crippen molar-refractivity contribution in [1.29, 1.82) is 0 Å². The lowest BCUT2D eigenvalue weighted by molar-refractivity contribution is 0.0941. The Morgan fingerprint density at radius 1 is 1.57 bits per heavy atom. The number of rotatable bonds is 2. The molecule has 0 amide bonds. The fourth-order valence-corrected chi connectivity index (χ4v) is 2.29. The highest BCUT2D eigenvalue weighted by atomic mass is 35.5. The van der Waals surface area contributed by atoms with Crippen LogP contribution in [0.15, 0.2) is 12.4 Å². The van der Waals surface area contributed by atoms with Crippen LogP contribution in [0.4, 0.5) is 0 Å². The average molecular weight is 215 g/mol. The van der Waals surface area contributed by atoms with Crippen molar-refractivity contribution in [3.05, 3.63) is 17.4 Å². The molecule has 0 bridgehead atoms. The van der Waals surface area contributed by atoms with Crippen molar-refractivity contribution in [1.82, 2.24) is 9.78 Å². The zero-order chi connectivity index (χ0) is 9.97. The summed E-state index contributed by atoms with van der Waals surface area (Å²) in [6, 6.07) is 0. The molecule has 1 aromatic rings. The second kappa shape index (κ2) is 4.32. The molecule has 1 aliphatic rings. The Bertz CT molecular complexity index is 300. The van der Waals surface area contributed by atoms with Crippen LogP contribution >= 0.6 is 11.6 Å². The van der Waals surface area contributed by atoms with Crippen molar-refractivity contribution >= 4 is 11.6 Å². The van der Waals surface area contributed by atoms with Crippen LogP contribution in [0.5, 0.6) is 0 Å². The molecular formula is C10H15ClN2O. The third-order valence-electron chi connectivity index (χ3n) is 2.80. The maximum atomic E-state index is 9.51. The monoisotopic (exact) mass is 214 g/mol. The Hall–Kier alpha value is -0.540. The van der Waals surface area contributed by atoms with Crippen LogP contribution in [-0.2, 0) is 6.54 Å². The van der Waals surface area contributed by atoms with E-state index >= 15 is 0 Å². The molecule has 0 saturated heterocycles. The molecule has 1 fully saturated rings. The van der Waals surface area contributed by atoms with Gasteiger partial charge in [-0.15, -0.1) is 0 Å². The van der Waals surface area contributed by atoms with Gasteiger partial charge in [0.05, 0.1) is 17.3 Å². The van der Waals surface area contributed by atoms with Crippen molar-refractivity contribution in [2.75, 3.05) is 0 Å². The fourth-order valence-electron chi connectivity index (χ4n) is 2.13. The van der Waals surface area contributed by atoms with E-state index in [1.165, 1.54) is 6.42 Å². The molecule has 1 heterocycles. The molecule has 0 aromatic carbocycles. The first-order valence-corrected chi connectivity index (χ1v) is 5.48. The minimum absolute atomic E-state index is 0.111. The Labute approximate surface area is 88.7 Å². The Kier molecular flexibility index (Phi) is 3.08. The molecule has 0 aliphatic heterocycles. The lowest BCUT2D eigenvalue weighted by Crippen LogP contribution is -2.23. The summed E-state index contributed by atoms with van der Waals surface area (Å²) in [6.07, 6.45) is 7.55. The second-order valence-electron chi connectivity index (χ2n) is 4.07. The van der Waals surface area contributed by atoms with E-state index in [1.807, 2.05) is 10.9 Å². The predicted molar refractivity (Wildman–Crippen MR) is 55.2 cm³/mol. The maximum absolute atomic E-state index is 9.51. The van der Waals surface area contributed by atoms with Crippen LogP contribution in [0, 0.1) is 5.92 Å². The molecular weight excluding hydrogens is 200 g/mol. The average Bonchev–Trinajstić information content (AvgIpc) is 2.51. The van der Waals surface area contributed by atoms with E-state index < -0.39 is 0 Å². The summed E-state index contributed by atoms with van der Waals surface area (Å²) < 4.78 is 1.87. The van der Waals surface area contributed by atoms with E-state index in [9.17, 15) is 5.11 Å². The lowest BCUT2D eigenvalue weighted by atomic mass is 9.87. The summed E-state index contributed by atoms with van der Waals surface area (Å²) in [7, 11) is 0. The standard InChI is InChI=1S/C10H15ClN2O/c11-9-5-12-13(7-9)6-8-2-1-3-10(14)4-8/h5,7-8,10,14H,1-4,6H2. The number of aliphatic hydroxyl groups excluding tert-OH is 1. The van der Waals surface area contributed by atoms with Crippen LogP contribution in [-0.4, -0.2) is 21.0 Å². The van der Waals surface area contributed by atoms with Crippen LogP contribution in [0.2, 0.25) is 5.02 Å². The van der Waals surface area contributed by atoms with Crippen molar-refractivity contribution in [3.63, 3.8) is 0 Å². The van der Waals surface area contributed by atoms with Crippen LogP contribution in [0.1, 0.15) is 25.7 Å². The molecule has 78 valence electrons. The molecule has 1 aromatic heterocycles. The van der Waals surface area contributed by atoms with Crippen molar-refractivity contribution in [3.8, 4) is 0 Å². The van der Waals surface area contributed by atoms with Gasteiger partial charge in [0.15, 0.2) is 0 Å². The Balaban J connectivity index is 1.90. The van der Waals surface area contributed by atoms with Gasteiger partial charge in [-0.05, 0) is 25.2 Å². The number of hydrogen-bond donors (Lipinski definition) is 1. The molecule has 0 radical (unpaired) electrons. The number of aromatic nitrogens is 2. The first-order chi connectivity index (χ1) is 6.74. The molecule has 3 nitrogen and oxygen atoms in total. The largest absolute Gasteiger partial charge is 0.393 e. The predicted octanol–water partition coefficient (Wildman–Crippen LogP) is 2.09. The quantitative estimate of drug-likeness (QED) is 0.819. The molecule has 2 unspecified atom stereocenters. The van der Waals surface area contributed by atoms with E-state index in [2.05, 4.69) is 5.10 Å². The molecule has 4 heteroatoms. The van der Waals surface area contributed by atoms with Crippen molar-refractivity contribution in [2.24, 2.45) is 5.92 Å². The molecule has 1 N–H and O–H groups in total. The zero-order valence-electron chi connectivity index (χ0n) is 8.06. The van der Waals surface area contributed by atoms with Crippen LogP contribution in [0.3, 0.4) is 0 Å². The summed E-state index contributed by atoms with van der Waals surface area (Å²) in [5.41, 5.74) is 0. The summed E-state index contributed by atoms with van der Waals surface area (Å²) in [5, 5.41) is 14.3. The minimum Gasteiger partial charge on any atom is -0.393 e. The van der Waals surface area contributed by atoms with Gasteiger partial charge in [0, 0.05) is 12.7 Å². The normalized spacial score (nSPS) is 27.9. The highest BCUT2D eigenvalue weighted by Gasteiger charge is 2.20. The topological polar surface area (TPSA) is 38.0 Å². The number of halogens is 1. The summed E-state index contributed by atoms with van der Waals surface area (Å²) >= 11 is 5.77. The van der Waals surface area contributed by atoms with E-state index in [0.29, 0.717) is 10.9 Å². The van der Waals surface area contributed by atoms with Crippen LogP contribution in [0.25, 0.3) is 0 Å². The summed E-state index contributed by atoms with van der Waals surface area (Å²) in [5.74, 6) is 0.551. The smallest absolute Gasteiger partial charge is 0.0785 e. The van der Waals surface area contributed by atoms with Gasteiger partial charge < -0.3 is 5.11 Å². The molecule has 2 rings (SSSR count). The Morgan fingerprint density at radius 3 is 3.07 bits per heavy atom. The van der Waals surface area contributed by atoms with Gasteiger partial charge in [0.2, 0.25) is 0 Å². The highest BCUT2D eigenvalue weighted by Crippen LogP contribution is 2.25. The fraction of sp³-hybridized carbons (Fsp3) is 0.700. The number of nitrogens with zero attached hydrogens (tertiary/aromatic N) is 2. The van der Waals surface area contributed by atoms with Gasteiger partial charge in [0.1, 0.15) is 0 Å². The summed E-state index contributed by atoms with van der Waals surface area (Å²) in [6.45, 7) is 0.879. The number of hydrogen-bond acceptors (Lipinski definition) is 2. The first-order valence-electron chi connectivity index (χ1n) is 5.10. The van der Waals surface area contributed by atoms with E-state index in [4.69, 9.17) is 11.6 Å². The SMILES string of the molecule is OC1CCCC(Cn2cc(Cl)cn2)C1. The molecule has 2 atom stereocenters. The van der Waals surface area contributed by atoms with Gasteiger partial charge in [-0.3, -0.25) is 4.68 Å². The van der Waals surface area contributed by atoms with E-state index in [0.717, 1.165) is 25.8 Å². The summed E-state index contributed by atoms with van der Waals surface area (Å²) in [4.78, 5) is 0. The Morgan fingerprint density at radius 2 is 2.43 bits per heavy atom. The highest BCUT2D eigenvalue weighted by molar-refractivity contribution is 6.30. The molecule has 1 saturated carbocycles. The second-order valence-corrected chi connectivity index (χ2v) is 4.50. The maximum Gasteiger partial charge on any atom is 0.0785 e. The van der Waals surface area contributed by atoms with Crippen LogP contribution < -0.4 is 0 Å². The van der Waals surface area contributed by atoms with Crippen molar-refractivity contribution < 1.29 is 5.11 Å². The van der Waals surface area contributed by atoms with Gasteiger partial charge >= 0.3 is 0 Å². The minimum atomic E-state index is -0.111. The first kappa shape index (κ1) is 9.99. The van der Waals surface area contributed by atoms with Gasteiger partial charge in [-0.2, -0.15) is 5.10 Å². The third kappa shape index (κ3) is 2.49. The van der Waals surface area contributed by atoms with Gasteiger partial charge in [-0.1, -0.05) is 18.0 Å². The molecule has 14 heavy (non-hydrogen) atoms. The van der Waals surface area contributed by atoms with Crippen molar-refractivity contribution in [2.45, 2.75) is 38.3 Å². The number of aliphatic hydroxyl groups is 1. The third-order valence-corrected chi connectivity index (χ3v) is 3.00. The van der Waals surface area contributed by atoms with Gasteiger partial charge in [-0.25, -0.2) is 0 Å². The molecule has 0 spiro atoms. The lowest BCUT2D eigenvalue weighted by Gasteiger charge is -2.25.